The first-order valence-corrected chi connectivity index (χ1v) is 9.20. The Morgan fingerprint density at radius 1 is 1.11 bits per heavy atom. The molecule has 27 heavy (non-hydrogen) atoms. The van der Waals surface area contributed by atoms with Gasteiger partial charge in [0.05, 0.1) is 5.92 Å². The molecule has 2 amide bonds. The van der Waals surface area contributed by atoms with Gasteiger partial charge in [0.15, 0.2) is 11.5 Å². The van der Waals surface area contributed by atoms with E-state index in [0.29, 0.717) is 42.8 Å². The molecule has 1 saturated heterocycles. The third-order valence-electron chi connectivity index (χ3n) is 4.71. The van der Waals surface area contributed by atoms with Crippen molar-refractivity contribution in [3.05, 3.63) is 53.1 Å². The molecule has 2 aromatic rings. The average molecular weight is 387 g/mol. The molecule has 4 rings (SSSR count). The number of benzene rings is 2. The molecule has 1 atom stereocenters. The number of carbonyl (C=O) groups excluding carboxylic acids is 2. The molecule has 0 unspecified atom stereocenters. The van der Waals surface area contributed by atoms with Crippen LogP contribution in [0.3, 0.4) is 0 Å². The van der Waals surface area contributed by atoms with Gasteiger partial charge in [0, 0.05) is 36.3 Å². The van der Waals surface area contributed by atoms with Crippen LogP contribution in [0.5, 0.6) is 11.5 Å². The summed E-state index contributed by atoms with van der Waals surface area (Å²) in [5, 5.41) is 3.55. The lowest BCUT2D eigenvalue weighted by molar-refractivity contribution is -0.126. The summed E-state index contributed by atoms with van der Waals surface area (Å²) < 4.78 is 11.1. The predicted octanol–water partition coefficient (Wildman–Crippen LogP) is 2.78. The van der Waals surface area contributed by atoms with Gasteiger partial charge in [0.1, 0.15) is 13.2 Å². The van der Waals surface area contributed by atoms with E-state index >= 15 is 0 Å². The minimum atomic E-state index is -0.377. The summed E-state index contributed by atoms with van der Waals surface area (Å²) in [6, 6.07) is 12.7. The highest BCUT2D eigenvalue weighted by molar-refractivity contribution is 6.30. The molecule has 0 saturated carbocycles. The molecule has 0 radical (unpaired) electrons. The average Bonchev–Trinajstić information content (AvgIpc) is 3.09. The summed E-state index contributed by atoms with van der Waals surface area (Å²) >= 11 is 5.87. The zero-order chi connectivity index (χ0) is 18.8. The van der Waals surface area contributed by atoms with Gasteiger partial charge in [-0.2, -0.15) is 0 Å². The Balaban J connectivity index is 1.39. The number of halogens is 1. The third-order valence-corrected chi connectivity index (χ3v) is 4.97. The Bertz CT molecular complexity index is 869. The third kappa shape index (κ3) is 3.85. The molecule has 0 aliphatic carbocycles. The number of hydrogen-bond acceptors (Lipinski definition) is 4. The number of nitrogens with one attached hydrogen (secondary N) is 1. The van der Waals surface area contributed by atoms with Crippen molar-refractivity contribution in [1.82, 2.24) is 5.32 Å². The van der Waals surface area contributed by atoms with Crippen molar-refractivity contribution in [3.63, 3.8) is 0 Å². The van der Waals surface area contributed by atoms with Gasteiger partial charge in [-0.1, -0.05) is 23.7 Å². The van der Waals surface area contributed by atoms with Crippen molar-refractivity contribution in [2.45, 2.75) is 13.0 Å². The van der Waals surface area contributed by atoms with Gasteiger partial charge in [0.25, 0.3) is 0 Å². The Morgan fingerprint density at radius 3 is 2.63 bits per heavy atom. The van der Waals surface area contributed by atoms with E-state index in [-0.39, 0.29) is 24.2 Å². The molecule has 1 fully saturated rings. The Hall–Kier alpha value is -2.73. The molecule has 2 aromatic carbocycles. The normalized spacial score (nSPS) is 18.5. The van der Waals surface area contributed by atoms with Crippen molar-refractivity contribution < 1.29 is 19.1 Å². The lowest BCUT2D eigenvalue weighted by Crippen LogP contribution is -2.32. The highest BCUT2D eigenvalue weighted by Crippen LogP contribution is 2.36. The fourth-order valence-corrected chi connectivity index (χ4v) is 3.39. The van der Waals surface area contributed by atoms with Crippen molar-refractivity contribution in [2.75, 3.05) is 24.7 Å². The summed E-state index contributed by atoms with van der Waals surface area (Å²) in [5.74, 6) is 0.728. The molecular formula is C20H19ClN2O4. The molecule has 2 aliphatic heterocycles. The summed E-state index contributed by atoms with van der Waals surface area (Å²) in [7, 11) is 0. The number of anilines is 1. The fraction of sp³-hybridized carbons (Fsp3) is 0.300. The lowest BCUT2D eigenvalue weighted by Gasteiger charge is -2.22. The second kappa shape index (κ2) is 7.48. The monoisotopic (exact) mass is 386 g/mol. The van der Waals surface area contributed by atoms with E-state index in [9.17, 15) is 9.59 Å². The Kier molecular flexibility index (Phi) is 4.90. The number of ether oxygens (including phenoxy) is 2. The molecular weight excluding hydrogens is 368 g/mol. The second-order valence-corrected chi connectivity index (χ2v) is 7.01. The zero-order valence-electron chi connectivity index (χ0n) is 14.6. The predicted molar refractivity (Wildman–Crippen MR) is 101 cm³/mol. The number of nitrogens with zero attached hydrogens (tertiary/aromatic N) is 1. The zero-order valence-corrected chi connectivity index (χ0v) is 15.4. The summed E-state index contributed by atoms with van der Waals surface area (Å²) in [5.41, 5.74) is 1.68. The number of carbonyl (C=O) groups is 2. The fourth-order valence-electron chi connectivity index (χ4n) is 3.27. The van der Waals surface area contributed by atoms with Crippen LogP contribution in [0.1, 0.15) is 12.0 Å². The van der Waals surface area contributed by atoms with Crippen LogP contribution in [0.25, 0.3) is 0 Å². The van der Waals surface area contributed by atoms with E-state index in [0.717, 1.165) is 11.3 Å². The number of amides is 2. The molecule has 0 bridgehead atoms. The first kappa shape index (κ1) is 17.7. The van der Waals surface area contributed by atoms with Crippen molar-refractivity contribution in [3.8, 4) is 11.5 Å². The Labute approximate surface area is 162 Å². The highest BCUT2D eigenvalue weighted by atomic mass is 35.5. The molecule has 0 aromatic heterocycles. The van der Waals surface area contributed by atoms with Gasteiger partial charge in [-0.15, -0.1) is 0 Å². The van der Waals surface area contributed by atoms with Crippen LogP contribution in [0.2, 0.25) is 5.02 Å². The maximum absolute atomic E-state index is 12.5. The minimum Gasteiger partial charge on any atom is -0.486 e. The topological polar surface area (TPSA) is 67.9 Å². The molecule has 0 spiro atoms. The van der Waals surface area contributed by atoms with E-state index in [1.807, 2.05) is 18.2 Å². The largest absolute Gasteiger partial charge is 0.486 e. The van der Waals surface area contributed by atoms with E-state index in [2.05, 4.69) is 5.32 Å². The van der Waals surface area contributed by atoms with Gasteiger partial charge in [-0.05, 0) is 29.8 Å². The van der Waals surface area contributed by atoms with Crippen molar-refractivity contribution >= 4 is 29.1 Å². The van der Waals surface area contributed by atoms with Crippen LogP contribution in [-0.4, -0.2) is 31.6 Å². The van der Waals surface area contributed by atoms with Crippen LogP contribution in [-0.2, 0) is 16.1 Å². The van der Waals surface area contributed by atoms with Gasteiger partial charge in [-0.3, -0.25) is 9.59 Å². The molecule has 2 heterocycles. The first-order chi connectivity index (χ1) is 13.1. The summed E-state index contributed by atoms with van der Waals surface area (Å²) in [4.78, 5) is 26.5. The molecule has 6 nitrogen and oxygen atoms in total. The quantitative estimate of drug-likeness (QED) is 0.877. The van der Waals surface area contributed by atoms with Crippen LogP contribution < -0.4 is 19.7 Å². The van der Waals surface area contributed by atoms with Crippen LogP contribution >= 0.6 is 11.6 Å². The lowest BCUT2D eigenvalue weighted by atomic mass is 10.1. The van der Waals surface area contributed by atoms with Crippen LogP contribution in [0.4, 0.5) is 5.69 Å². The minimum absolute atomic E-state index is 0.0710. The molecule has 140 valence electrons. The Morgan fingerprint density at radius 2 is 1.85 bits per heavy atom. The van der Waals surface area contributed by atoms with E-state index in [4.69, 9.17) is 21.1 Å². The molecule has 7 heteroatoms. The number of hydrogen-bond donors (Lipinski definition) is 1. The maximum Gasteiger partial charge on any atom is 0.227 e. The van der Waals surface area contributed by atoms with Crippen LogP contribution in [0.15, 0.2) is 42.5 Å². The maximum atomic E-state index is 12.5. The number of fused-ring (bicyclic) bond motifs is 1. The smallest absolute Gasteiger partial charge is 0.227 e. The van der Waals surface area contributed by atoms with Crippen LogP contribution in [0, 0.1) is 5.92 Å². The first-order valence-electron chi connectivity index (χ1n) is 8.82. The van der Waals surface area contributed by atoms with Crippen molar-refractivity contribution in [2.24, 2.45) is 5.92 Å². The summed E-state index contributed by atoms with van der Waals surface area (Å²) in [6.07, 6.45) is 0.195. The van der Waals surface area contributed by atoms with Gasteiger partial charge < -0.3 is 19.7 Å². The highest BCUT2D eigenvalue weighted by Gasteiger charge is 2.35. The van der Waals surface area contributed by atoms with E-state index < -0.39 is 0 Å². The van der Waals surface area contributed by atoms with Gasteiger partial charge in [0.2, 0.25) is 11.8 Å². The SMILES string of the molecule is O=C(NCc1ccc(Cl)cc1)[C@H]1CC(=O)N(c2ccc3c(c2)OCCO3)C1. The van der Waals surface area contributed by atoms with E-state index in [1.165, 1.54) is 0 Å². The molecule has 1 N–H and O–H groups in total. The van der Waals surface area contributed by atoms with Gasteiger partial charge >= 0.3 is 0 Å². The van der Waals surface area contributed by atoms with E-state index in [1.54, 1.807) is 29.2 Å². The van der Waals surface area contributed by atoms with Gasteiger partial charge in [-0.25, -0.2) is 0 Å². The summed E-state index contributed by atoms with van der Waals surface area (Å²) in [6.45, 7) is 1.76. The van der Waals surface area contributed by atoms with Crippen molar-refractivity contribution in [1.29, 1.82) is 0 Å². The standard InChI is InChI=1S/C20H19ClN2O4/c21-15-3-1-13(2-4-15)11-22-20(25)14-9-19(24)23(12-14)16-5-6-17-18(10-16)27-8-7-26-17/h1-6,10,14H,7-9,11-12H2,(H,22,25)/t14-/m0/s1. The second-order valence-electron chi connectivity index (χ2n) is 6.58. The number of rotatable bonds is 4. The molecule has 2 aliphatic rings.